The van der Waals surface area contributed by atoms with Crippen LogP contribution in [0.15, 0.2) is 16.8 Å². The molecule has 7 heteroatoms. The number of hydrogen-bond acceptors (Lipinski definition) is 5. The summed E-state index contributed by atoms with van der Waals surface area (Å²) in [4.78, 5) is 18.6. The Morgan fingerprint density at radius 2 is 2.52 bits per heavy atom. The van der Waals surface area contributed by atoms with Gasteiger partial charge >= 0.3 is 0 Å². The number of morpholine rings is 1. The highest BCUT2D eigenvalue weighted by Gasteiger charge is 2.28. The van der Waals surface area contributed by atoms with Crippen LogP contribution in [0.1, 0.15) is 41.5 Å². The molecule has 1 amide bonds. The minimum Gasteiger partial charge on any atom is -0.366 e. The Morgan fingerprint density at radius 3 is 3.29 bits per heavy atom. The van der Waals surface area contributed by atoms with E-state index in [0.29, 0.717) is 25.5 Å². The predicted octanol–water partition coefficient (Wildman–Crippen LogP) is 2.03. The lowest BCUT2D eigenvalue weighted by molar-refractivity contribution is -0.0266. The summed E-state index contributed by atoms with van der Waals surface area (Å²) in [7, 11) is 0. The van der Waals surface area contributed by atoms with E-state index in [2.05, 4.69) is 22.1 Å². The van der Waals surface area contributed by atoms with Crippen LogP contribution in [0.3, 0.4) is 0 Å². The third kappa shape index (κ3) is 3.14. The molecule has 0 aromatic carbocycles. The molecule has 1 fully saturated rings. The fraction of sp³-hybridized carbons (Fsp3) is 0.500. The Bertz CT molecular complexity index is 596. The lowest BCUT2D eigenvalue weighted by Crippen LogP contribution is -2.42. The highest BCUT2D eigenvalue weighted by Crippen LogP contribution is 2.21. The van der Waals surface area contributed by atoms with Gasteiger partial charge in [-0.3, -0.25) is 9.89 Å². The van der Waals surface area contributed by atoms with Gasteiger partial charge in [0.25, 0.3) is 5.91 Å². The first kappa shape index (κ1) is 14.2. The number of aryl methyl sites for hydroxylation is 1. The van der Waals surface area contributed by atoms with E-state index in [4.69, 9.17) is 4.74 Å². The Kier molecular flexibility index (Phi) is 4.31. The van der Waals surface area contributed by atoms with Crippen molar-refractivity contribution in [2.75, 3.05) is 19.7 Å². The summed E-state index contributed by atoms with van der Waals surface area (Å²) in [5.74, 6) is 1.56. The molecule has 1 aliphatic rings. The average molecular weight is 306 g/mol. The van der Waals surface area contributed by atoms with Crippen molar-refractivity contribution in [1.82, 2.24) is 20.1 Å². The first-order chi connectivity index (χ1) is 10.3. The van der Waals surface area contributed by atoms with Crippen molar-refractivity contribution in [1.29, 1.82) is 0 Å². The van der Waals surface area contributed by atoms with Crippen LogP contribution in [-0.4, -0.2) is 45.7 Å². The number of ether oxygens (including phenoxy) is 1. The molecular weight excluding hydrogens is 288 g/mol. The number of H-pyrrole nitrogens is 1. The summed E-state index contributed by atoms with van der Waals surface area (Å²) in [6.07, 6.45) is 1.64. The maximum atomic E-state index is 12.4. The summed E-state index contributed by atoms with van der Waals surface area (Å²) in [6.45, 7) is 3.72. The maximum Gasteiger partial charge on any atom is 0.254 e. The quantitative estimate of drug-likeness (QED) is 0.938. The number of carbonyl (C=O) groups excluding carboxylic acids is 1. The predicted molar refractivity (Wildman–Crippen MR) is 79.3 cm³/mol. The van der Waals surface area contributed by atoms with E-state index in [1.165, 1.54) is 11.3 Å². The average Bonchev–Trinajstić information content (AvgIpc) is 3.18. The zero-order valence-electron chi connectivity index (χ0n) is 11.9. The first-order valence-electron chi connectivity index (χ1n) is 7.12. The molecule has 0 bridgehead atoms. The highest BCUT2D eigenvalue weighted by atomic mass is 32.1. The second kappa shape index (κ2) is 6.36. The van der Waals surface area contributed by atoms with Gasteiger partial charge in [-0.05, 0) is 17.9 Å². The van der Waals surface area contributed by atoms with Gasteiger partial charge in [-0.15, -0.1) is 0 Å². The smallest absolute Gasteiger partial charge is 0.254 e. The Morgan fingerprint density at radius 1 is 1.62 bits per heavy atom. The lowest BCUT2D eigenvalue weighted by atomic mass is 10.2. The molecule has 0 unspecified atom stereocenters. The standard InChI is InChI=1S/C14H18N4O2S/c1-2-3-12-15-13(17-16-12)11-8-18(5-6-20-11)14(19)10-4-7-21-9-10/h4,7,9,11H,2-3,5-6,8H2,1H3,(H,15,16,17)/t11-/m0/s1. The van der Waals surface area contributed by atoms with Crippen LogP contribution >= 0.6 is 11.3 Å². The molecular formula is C14H18N4O2S. The molecule has 1 saturated heterocycles. The molecule has 1 atom stereocenters. The molecule has 21 heavy (non-hydrogen) atoms. The molecule has 3 rings (SSSR count). The minimum atomic E-state index is -0.247. The topological polar surface area (TPSA) is 71.1 Å². The van der Waals surface area contributed by atoms with Gasteiger partial charge in [0.05, 0.1) is 18.7 Å². The second-order valence-corrected chi connectivity index (χ2v) is 5.79. The van der Waals surface area contributed by atoms with Crippen LogP contribution in [0.25, 0.3) is 0 Å². The van der Waals surface area contributed by atoms with Gasteiger partial charge in [0.2, 0.25) is 0 Å². The third-order valence-electron chi connectivity index (χ3n) is 3.45. The van der Waals surface area contributed by atoms with E-state index >= 15 is 0 Å². The van der Waals surface area contributed by atoms with Crippen LogP contribution in [0.2, 0.25) is 0 Å². The van der Waals surface area contributed by atoms with Crippen LogP contribution in [-0.2, 0) is 11.2 Å². The number of aromatic nitrogens is 3. The van der Waals surface area contributed by atoms with Gasteiger partial charge in [-0.2, -0.15) is 16.4 Å². The summed E-state index contributed by atoms with van der Waals surface area (Å²) in [5, 5.41) is 10.9. The van der Waals surface area contributed by atoms with Gasteiger partial charge in [-0.25, -0.2) is 4.98 Å². The molecule has 6 nitrogen and oxygen atoms in total. The van der Waals surface area contributed by atoms with Crippen molar-refractivity contribution in [2.45, 2.75) is 25.9 Å². The maximum absolute atomic E-state index is 12.4. The lowest BCUT2D eigenvalue weighted by Gasteiger charge is -2.31. The van der Waals surface area contributed by atoms with Crippen molar-refractivity contribution in [2.24, 2.45) is 0 Å². The molecule has 112 valence electrons. The van der Waals surface area contributed by atoms with Crippen LogP contribution in [0.5, 0.6) is 0 Å². The number of nitrogens with one attached hydrogen (secondary N) is 1. The molecule has 0 saturated carbocycles. The van der Waals surface area contributed by atoms with E-state index in [9.17, 15) is 4.79 Å². The number of amides is 1. The van der Waals surface area contributed by atoms with E-state index in [1.54, 1.807) is 0 Å². The van der Waals surface area contributed by atoms with E-state index in [1.807, 2.05) is 21.7 Å². The Balaban J connectivity index is 1.69. The number of thiophene rings is 1. The molecule has 0 radical (unpaired) electrons. The van der Waals surface area contributed by atoms with Crippen molar-refractivity contribution in [3.8, 4) is 0 Å². The van der Waals surface area contributed by atoms with Crippen molar-refractivity contribution in [3.05, 3.63) is 34.0 Å². The summed E-state index contributed by atoms with van der Waals surface area (Å²) in [6, 6.07) is 1.85. The first-order valence-corrected chi connectivity index (χ1v) is 8.06. The van der Waals surface area contributed by atoms with E-state index in [0.717, 1.165) is 24.2 Å². The third-order valence-corrected chi connectivity index (χ3v) is 4.13. The number of aromatic amines is 1. The van der Waals surface area contributed by atoms with E-state index in [-0.39, 0.29) is 12.0 Å². The van der Waals surface area contributed by atoms with Crippen molar-refractivity contribution < 1.29 is 9.53 Å². The number of carbonyl (C=O) groups is 1. The van der Waals surface area contributed by atoms with Gasteiger partial charge in [0.15, 0.2) is 5.82 Å². The summed E-state index contributed by atoms with van der Waals surface area (Å²) < 4.78 is 5.72. The van der Waals surface area contributed by atoms with Crippen LogP contribution in [0, 0.1) is 0 Å². The fourth-order valence-electron chi connectivity index (χ4n) is 2.36. The Hall–Kier alpha value is -1.73. The summed E-state index contributed by atoms with van der Waals surface area (Å²) >= 11 is 1.53. The van der Waals surface area contributed by atoms with E-state index < -0.39 is 0 Å². The monoisotopic (exact) mass is 306 g/mol. The molecule has 0 aliphatic carbocycles. The number of rotatable bonds is 4. The van der Waals surface area contributed by atoms with Gasteiger partial charge in [0, 0.05) is 18.3 Å². The number of hydrogen-bond donors (Lipinski definition) is 1. The molecule has 0 spiro atoms. The van der Waals surface area contributed by atoms with Gasteiger partial charge in [-0.1, -0.05) is 6.92 Å². The molecule has 2 aromatic rings. The van der Waals surface area contributed by atoms with Crippen LogP contribution < -0.4 is 0 Å². The molecule has 2 aromatic heterocycles. The molecule has 1 aliphatic heterocycles. The zero-order chi connectivity index (χ0) is 14.7. The second-order valence-electron chi connectivity index (χ2n) is 5.01. The summed E-state index contributed by atoms with van der Waals surface area (Å²) in [5.41, 5.74) is 0.738. The SMILES string of the molecule is CCCc1nc([C@@H]2CN(C(=O)c3ccsc3)CCO2)n[nH]1. The van der Waals surface area contributed by atoms with Gasteiger partial charge in [0.1, 0.15) is 11.9 Å². The Labute approximate surface area is 127 Å². The normalized spacial score (nSPS) is 18.9. The molecule has 3 heterocycles. The largest absolute Gasteiger partial charge is 0.366 e. The van der Waals surface area contributed by atoms with Crippen LogP contribution in [0.4, 0.5) is 0 Å². The van der Waals surface area contributed by atoms with Crippen molar-refractivity contribution in [3.63, 3.8) is 0 Å². The zero-order valence-corrected chi connectivity index (χ0v) is 12.7. The van der Waals surface area contributed by atoms with Crippen molar-refractivity contribution >= 4 is 17.2 Å². The van der Waals surface area contributed by atoms with Gasteiger partial charge < -0.3 is 9.64 Å². The fourth-order valence-corrected chi connectivity index (χ4v) is 2.99. The number of nitrogens with zero attached hydrogens (tertiary/aromatic N) is 3. The highest BCUT2D eigenvalue weighted by molar-refractivity contribution is 7.08. The minimum absolute atomic E-state index is 0.0499. The molecule has 1 N–H and O–H groups in total.